The van der Waals surface area contributed by atoms with E-state index in [1.165, 1.54) is 10.8 Å². The lowest BCUT2D eigenvalue weighted by Crippen LogP contribution is -2.04. The molecule has 0 spiro atoms. The molecule has 0 bridgehead atoms. The maximum atomic E-state index is 6.61. The predicted octanol–water partition coefficient (Wildman–Crippen LogP) is 14.6. The summed E-state index contributed by atoms with van der Waals surface area (Å²) in [4.78, 5) is 16.1. The number of aromatic nitrogens is 4. The van der Waals surface area contributed by atoms with Crippen molar-refractivity contribution in [1.82, 2.24) is 19.5 Å². The fraction of sp³-hybridized carbons (Fsp3) is 0. The van der Waals surface area contributed by atoms with E-state index in [1.54, 1.807) is 0 Å². The first kappa shape index (κ1) is 33.6. The Bertz CT molecular complexity index is 3900. The van der Waals surface area contributed by atoms with Crippen LogP contribution in [0.3, 0.4) is 0 Å². The van der Waals surface area contributed by atoms with Crippen LogP contribution in [-0.4, -0.2) is 19.5 Å². The molecule has 0 unspecified atom stereocenters. The molecule has 4 aromatic heterocycles. The quantitative estimate of drug-likeness (QED) is 0.174. The van der Waals surface area contributed by atoms with Gasteiger partial charge in [-0.25, -0.2) is 15.0 Å². The van der Waals surface area contributed by atoms with Gasteiger partial charge in [-0.05, 0) is 88.6 Å². The van der Waals surface area contributed by atoms with Crippen molar-refractivity contribution in [2.75, 3.05) is 0 Å². The number of rotatable bonds is 5. The summed E-state index contributed by atoms with van der Waals surface area (Å²) in [6.45, 7) is 0. The standard InChI is InChI=1S/C55H32N4O2/c1-2-13-33(14-3-1)34-17-12-18-37(29-34)53-56-54(38-25-27-49-44(31-38)40-20-7-10-23-47(40)60-49)58-55(57-53)42-26-28-50-51(41-21-8-11-24-48(41)61-50)52(42)59-45-22-9-6-19-39(45)43-30-35-15-4-5-16-36(35)32-46(43)59/h1-32H. The van der Waals surface area contributed by atoms with E-state index in [2.05, 4.69) is 150 Å². The van der Waals surface area contributed by atoms with Crippen LogP contribution in [0.4, 0.5) is 0 Å². The van der Waals surface area contributed by atoms with Crippen LogP contribution in [0.1, 0.15) is 0 Å². The van der Waals surface area contributed by atoms with E-state index in [9.17, 15) is 0 Å². The summed E-state index contributed by atoms with van der Waals surface area (Å²) in [6.07, 6.45) is 0. The molecule has 13 aromatic rings. The Morgan fingerprint density at radius 2 is 0.918 bits per heavy atom. The molecular weight excluding hydrogens is 749 g/mol. The lowest BCUT2D eigenvalue weighted by atomic mass is 10.0. The minimum Gasteiger partial charge on any atom is -0.456 e. The summed E-state index contributed by atoms with van der Waals surface area (Å²) >= 11 is 0. The van der Waals surface area contributed by atoms with Gasteiger partial charge in [-0.1, -0.05) is 127 Å². The van der Waals surface area contributed by atoms with Crippen molar-refractivity contribution in [2.24, 2.45) is 0 Å². The zero-order chi connectivity index (χ0) is 40.0. The van der Waals surface area contributed by atoms with E-state index in [1.807, 2.05) is 48.5 Å². The zero-order valence-corrected chi connectivity index (χ0v) is 32.6. The topological polar surface area (TPSA) is 69.9 Å². The molecular formula is C55H32N4O2. The number of nitrogens with zero attached hydrogens (tertiary/aromatic N) is 4. The van der Waals surface area contributed by atoms with Gasteiger partial charge in [-0.15, -0.1) is 0 Å². The number of hydrogen-bond donors (Lipinski definition) is 0. The van der Waals surface area contributed by atoms with Crippen molar-refractivity contribution in [3.8, 4) is 51.0 Å². The molecule has 0 N–H and O–H groups in total. The molecule has 0 aliphatic rings. The molecule has 9 aromatic carbocycles. The Labute approximate surface area is 348 Å². The molecule has 61 heavy (non-hydrogen) atoms. The molecule has 0 saturated heterocycles. The van der Waals surface area contributed by atoms with Gasteiger partial charge in [0.1, 0.15) is 22.3 Å². The third-order valence-corrected chi connectivity index (χ3v) is 12.0. The molecule has 284 valence electrons. The molecule has 0 amide bonds. The predicted molar refractivity (Wildman–Crippen MR) is 248 cm³/mol. The van der Waals surface area contributed by atoms with Crippen LogP contribution in [-0.2, 0) is 0 Å². The Hall–Kier alpha value is -8.35. The Balaban J connectivity index is 1.14. The molecule has 4 heterocycles. The van der Waals surface area contributed by atoms with Crippen molar-refractivity contribution < 1.29 is 8.83 Å². The van der Waals surface area contributed by atoms with Crippen LogP contribution in [0.2, 0.25) is 0 Å². The van der Waals surface area contributed by atoms with E-state index >= 15 is 0 Å². The summed E-state index contributed by atoms with van der Waals surface area (Å²) in [7, 11) is 0. The van der Waals surface area contributed by atoms with Crippen LogP contribution in [0.15, 0.2) is 203 Å². The molecule has 0 aliphatic carbocycles. The van der Waals surface area contributed by atoms with Crippen LogP contribution in [0.5, 0.6) is 0 Å². The summed E-state index contributed by atoms with van der Waals surface area (Å²) in [5.74, 6) is 1.69. The summed E-state index contributed by atoms with van der Waals surface area (Å²) in [5.41, 5.74) is 11.2. The molecule has 0 fully saturated rings. The minimum absolute atomic E-state index is 0.552. The van der Waals surface area contributed by atoms with Crippen molar-refractivity contribution in [2.45, 2.75) is 0 Å². The lowest BCUT2D eigenvalue weighted by Gasteiger charge is -2.16. The second kappa shape index (κ2) is 13.1. The second-order valence-corrected chi connectivity index (χ2v) is 15.6. The average molecular weight is 781 g/mol. The molecule has 13 rings (SSSR count). The third kappa shape index (κ3) is 5.26. The molecule has 6 heteroatoms. The van der Waals surface area contributed by atoms with Gasteiger partial charge in [-0.2, -0.15) is 0 Å². The number of hydrogen-bond acceptors (Lipinski definition) is 5. The summed E-state index contributed by atoms with van der Waals surface area (Å²) in [5, 5.41) is 8.74. The molecule has 0 saturated carbocycles. The SMILES string of the molecule is c1ccc(-c2cccc(-c3nc(-c4ccc5oc6ccccc6c5c4)nc(-c4ccc5oc6ccccc6c5c4-n4c5ccccc5c5cc6ccccc6cc54)n3)c2)cc1. The first-order valence-electron chi connectivity index (χ1n) is 20.4. The van der Waals surface area contributed by atoms with Gasteiger partial charge in [0.15, 0.2) is 17.5 Å². The first-order valence-corrected chi connectivity index (χ1v) is 20.4. The van der Waals surface area contributed by atoms with Gasteiger partial charge < -0.3 is 13.4 Å². The molecule has 0 aliphatic heterocycles. The third-order valence-electron chi connectivity index (χ3n) is 12.0. The molecule has 6 nitrogen and oxygen atoms in total. The van der Waals surface area contributed by atoms with E-state index in [4.69, 9.17) is 23.8 Å². The van der Waals surface area contributed by atoms with E-state index in [0.29, 0.717) is 17.5 Å². The van der Waals surface area contributed by atoms with Gasteiger partial charge in [0, 0.05) is 43.6 Å². The highest BCUT2D eigenvalue weighted by atomic mass is 16.3. The van der Waals surface area contributed by atoms with Gasteiger partial charge >= 0.3 is 0 Å². The first-order chi connectivity index (χ1) is 30.2. The largest absolute Gasteiger partial charge is 0.456 e. The number of para-hydroxylation sites is 3. The lowest BCUT2D eigenvalue weighted by molar-refractivity contribution is 0.668. The molecule has 0 atom stereocenters. The van der Waals surface area contributed by atoms with Crippen LogP contribution in [0.25, 0.3) is 127 Å². The van der Waals surface area contributed by atoms with Gasteiger partial charge in [-0.3, -0.25) is 0 Å². The highest BCUT2D eigenvalue weighted by Gasteiger charge is 2.25. The Morgan fingerprint density at radius 1 is 0.328 bits per heavy atom. The number of benzene rings is 9. The Morgan fingerprint density at radius 3 is 1.75 bits per heavy atom. The number of fused-ring (bicyclic) bond motifs is 10. The summed E-state index contributed by atoms with van der Waals surface area (Å²) in [6, 6.07) is 67.4. The fourth-order valence-corrected chi connectivity index (χ4v) is 9.20. The van der Waals surface area contributed by atoms with Gasteiger partial charge in [0.25, 0.3) is 0 Å². The highest BCUT2D eigenvalue weighted by Crippen LogP contribution is 2.44. The van der Waals surface area contributed by atoms with Crippen molar-refractivity contribution in [3.05, 3.63) is 194 Å². The zero-order valence-electron chi connectivity index (χ0n) is 32.6. The van der Waals surface area contributed by atoms with Gasteiger partial charge in [0.2, 0.25) is 0 Å². The summed E-state index contributed by atoms with van der Waals surface area (Å²) < 4.78 is 15.2. The van der Waals surface area contributed by atoms with Crippen LogP contribution >= 0.6 is 0 Å². The second-order valence-electron chi connectivity index (χ2n) is 15.6. The van der Waals surface area contributed by atoms with Crippen molar-refractivity contribution >= 4 is 76.5 Å². The Kier molecular flexibility index (Phi) is 7.21. The smallest absolute Gasteiger partial charge is 0.166 e. The monoisotopic (exact) mass is 780 g/mol. The van der Waals surface area contributed by atoms with Gasteiger partial charge in [0.05, 0.1) is 22.1 Å². The average Bonchev–Trinajstić information content (AvgIpc) is 4.00. The maximum absolute atomic E-state index is 6.61. The maximum Gasteiger partial charge on any atom is 0.166 e. The van der Waals surface area contributed by atoms with Crippen LogP contribution in [0, 0.1) is 0 Å². The van der Waals surface area contributed by atoms with E-state index < -0.39 is 0 Å². The van der Waals surface area contributed by atoms with E-state index in [-0.39, 0.29) is 0 Å². The molecule has 0 radical (unpaired) electrons. The van der Waals surface area contributed by atoms with E-state index in [0.717, 1.165) is 99.2 Å². The highest BCUT2D eigenvalue weighted by molar-refractivity contribution is 6.18. The fourth-order valence-electron chi connectivity index (χ4n) is 9.20. The van der Waals surface area contributed by atoms with Crippen molar-refractivity contribution in [1.29, 1.82) is 0 Å². The minimum atomic E-state index is 0.552. The van der Waals surface area contributed by atoms with Crippen LogP contribution < -0.4 is 0 Å². The van der Waals surface area contributed by atoms with Crippen molar-refractivity contribution in [3.63, 3.8) is 0 Å². The normalized spacial score (nSPS) is 11.9. The number of furan rings is 2.